The second-order valence-electron chi connectivity index (χ2n) is 4.38. The van der Waals surface area contributed by atoms with Crippen LogP contribution in [-0.2, 0) is 0 Å². The van der Waals surface area contributed by atoms with Gasteiger partial charge in [0.1, 0.15) is 12.0 Å². The fraction of sp³-hybridized carbons (Fsp3) is 0.500. The van der Waals surface area contributed by atoms with E-state index >= 15 is 0 Å². The second-order valence-corrected chi connectivity index (χ2v) is 4.38. The minimum Gasteiger partial charge on any atom is -0.369 e. The number of pyridine rings is 1. The molecule has 16 heavy (non-hydrogen) atoms. The lowest BCUT2D eigenvalue weighted by atomic mass is 9.94. The smallest absolute Gasteiger partial charge is 0.287 e. The van der Waals surface area contributed by atoms with E-state index in [4.69, 9.17) is 5.73 Å². The number of hydrogen-bond donors (Lipinski definition) is 2. The predicted octanol–water partition coefficient (Wildman–Crippen LogP) is 1.39. The maximum absolute atomic E-state index is 10.4. The molecule has 0 fully saturated rings. The molecule has 0 bridgehead atoms. The molecule has 0 aliphatic heterocycles. The van der Waals surface area contributed by atoms with Gasteiger partial charge in [-0.05, 0) is 18.0 Å². The molecule has 1 aromatic heterocycles. The van der Waals surface area contributed by atoms with E-state index in [9.17, 15) is 10.1 Å². The van der Waals surface area contributed by atoms with Crippen molar-refractivity contribution in [1.29, 1.82) is 0 Å². The van der Waals surface area contributed by atoms with Gasteiger partial charge in [0.25, 0.3) is 5.69 Å². The first-order valence-electron chi connectivity index (χ1n) is 4.99. The van der Waals surface area contributed by atoms with Gasteiger partial charge in [0, 0.05) is 12.6 Å². The number of rotatable bonds is 5. The van der Waals surface area contributed by atoms with E-state index in [2.05, 4.69) is 10.3 Å². The lowest BCUT2D eigenvalue weighted by Gasteiger charge is -2.22. The van der Waals surface area contributed by atoms with E-state index in [1.807, 2.05) is 13.8 Å². The maximum Gasteiger partial charge on any atom is 0.287 e. The molecule has 1 aromatic rings. The lowest BCUT2D eigenvalue weighted by Crippen LogP contribution is -2.31. The van der Waals surface area contributed by atoms with Crippen molar-refractivity contribution in [2.45, 2.75) is 13.8 Å². The highest BCUT2D eigenvalue weighted by molar-refractivity contribution is 5.40. The molecule has 0 aromatic carbocycles. The van der Waals surface area contributed by atoms with Gasteiger partial charge >= 0.3 is 0 Å². The Bertz CT molecular complexity index is 362. The molecule has 88 valence electrons. The third kappa shape index (κ3) is 3.47. The Morgan fingerprint density at radius 3 is 2.69 bits per heavy atom. The van der Waals surface area contributed by atoms with Crippen LogP contribution in [0.2, 0.25) is 0 Å². The monoisotopic (exact) mass is 224 g/mol. The van der Waals surface area contributed by atoms with Crippen LogP contribution < -0.4 is 11.1 Å². The van der Waals surface area contributed by atoms with Gasteiger partial charge in [-0.2, -0.15) is 0 Å². The maximum atomic E-state index is 10.4. The standard InChI is InChI=1S/C10H16N4O2/c1-10(2,6-11)7-13-9-4-3-8(5-12-9)14(15)16/h3-5H,6-7,11H2,1-2H3,(H,12,13). The van der Waals surface area contributed by atoms with E-state index in [1.54, 1.807) is 6.07 Å². The number of nitrogens with zero attached hydrogens (tertiary/aromatic N) is 2. The van der Waals surface area contributed by atoms with Gasteiger partial charge in [-0.25, -0.2) is 4.98 Å². The topological polar surface area (TPSA) is 94.1 Å². The van der Waals surface area contributed by atoms with Crippen LogP contribution in [-0.4, -0.2) is 23.0 Å². The average molecular weight is 224 g/mol. The van der Waals surface area contributed by atoms with Crippen LogP contribution in [0.15, 0.2) is 18.3 Å². The minimum atomic E-state index is -0.472. The van der Waals surface area contributed by atoms with E-state index in [1.165, 1.54) is 12.3 Å². The molecule has 0 radical (unpaired) electrons. The molecule has 0 saturated heterocycles. The Kier molecular flexibility index (Phi) is 3.78. The normalized spacial score (nSPS) is 11.2. The summed E-state index contributed by atoms with van der Waals surface area (Å²) in [7, 11) is 0. The third-order valence-corrected chi connectivity index (χ3v) is 2.26. The molecule has 6 heteroatoms. The summed E-state index contributed by atoms with van der Waals surface area (Å²) in [6.07, 6.45) is 1.23. The van der Waals surface area contributed by atoms with Crippen LogP contribution in [0.25, 0.3) is 0 Å². The second kappa shape index (κ2) is 4.89. The van der Waals surface area contributed by atoms with E-state index in [0.717, 1.165) is 0 Å². The molecule has 3 N–H and O–H groups in total. The first kappa shape index (κ1) is 12.4. The fourth-order valence-corrected chi connectivity index (χ4v) is 1.00. The molecule has 0 aliphatic carbocycles. The van der Waals surface area contributed by atoms with Crippen LogP contribution in [0.1, 0.15) is 13.8 Å². The third-order valence-electron chi connectivity index (χ3n) is 2.26. The first-order chi connectivity index (χ1) is 7.44. The highest BCUT2D eigenvalue weighted by Gasteiger charge is 2.15. The quantitative estimate of drug-likeness (QED) is 0.582. The van der Waals surface area contributed by atoms with Gasteiger partial charge in [-0.3, -0.25) is 10.1 Å². The zero-order valence-corrected chi connectivity index (χ0v) is 9.43. The van der Waals surface area contributed by atoms with Crippen molar-refractivity contribution < 1.29 is 4.92 Å². The molecule has 0 spiro atoms. The van der Waals surface area contributed by atoms with Crippen LogP contribution in [0.4, 0.5) is 11.5 Å². The van der Waals surface area contributed by atoms with Crippen molar-refractivity contribution in [1.82, 2.24) is 4.98 Å². The van der Waals surface area contributed by atoms with Crippen LogP contribution >= 0.6 is 0 Å². The highest BCUT2D eigenvalue weighted by Crippen LogP contribution is 2.15. The molecule has 0 atom stereocenters. The van der Waals surface area contributed by atoms with Gasteiger partial charge in [-0.1, -0.05) is 13.8 Å². The summed E-state index contributed by atoms with van der Waals surface area (Å²) < 4.78 is 0. The zero-order valence-electron chi connectivity index (χ0n) is 9.43. The van der Waals surface area contributed by atoms with Crippen LogP contribution in [0.3, 0.4) is 0 Å². The molecule has 0 amide bonds. The Morgan fingerprint density at radius 2 is 2.25 bits per heavy atom. The van der Waals surface area contributed by atoms with Crippen molar-refractivity contribution in [3.8, 4) is 0 Å². The zero-order chi connectivity index (χ0) is 12.2. The summed E-state index contributed by atoms with van der Waals surface area (Å²) in [4.78, 5) is 13.9. The van der Waals surface area contributed by atoms with Crippen molar-refractivity contribution >= 4 is 11.5 Å². The highest BCUT2D eigenvalue weighted by atomic mass is 16.6. The molecule has 1 rings (SSSR count). The van der Waals surface area contributed by atoms with E-state index in [0.29, 0.717) is 18.9 Å². The van der Waals surface area contributed by atoms with E-state index in [-0.39, 0.29) is 11.1 Å². The Labute approximate surface area is 94.0 Å². The predicted molar refractivity (Wildman–Crippen MR) is 62.2 cm³/mol. The Balaban J connectivity index is 2.59. The molecule has 0 unspecified atom stereocenters. The van der Waals surface area contributed by atoms with Gasteiger partial charge in [-0.15, -0.1) is 0 Å². The first-order valence-corrected chi connectivity index (χ1v) is 4.99. The molecule has 0 saturated carbocycles. The molecule has 0 aliphatic rings. The number of anilines is 1. The summed E-state index contributed by atoms with van der Waals surface area (Å²) in [5.41, 5.74) is 5.55. The molecule has 6 nitrogen and oxygen atoms in total. The fourth-order valence-electron chi connectivity index (χ4n) is 1.00. The van der Waals surface area contributed by atoms with Gasteiger partial charge in [0.05, 0.1) is 4.92 Å². The van der Waals surface area contributed by atoms with Crippen LogP contribution in [0, 0.1) is 15.5 Å². The van der Waals surface area contributed by atoms with Crippen LogP contribution in [0.5, 0.6) is 0 Å². The summed E-state index contributed by atoms with van der Waals surface area (Å²) in [5.74, 6) is 0.618. The van der Waals surface area contributed by atoms with Gasteiger partial charge in [0.2, 0.25) is 0 Å². The van der Waals surface area contributed by atoms with Crippen molar-refractivity contribution in [2.24, 2.45) is 11.1 Å². The minimum absolute atomic E-state index is 0.0105. The lowest BCUT2D eigenvalue weighted by molar-refractivity contribution is -0.385. The summed E-state index contributed by atoms with van der Waals surface area (Å²) in [6.45, 7) is 5.30. The SMILES string of the molecule is CC(C)(CN)CNc1ccc([N+](=O)[O-])cn1. The number of nitrogens with one attached hydrogen (secondary N) is 1. The summed E-state index contributed by atoms with van der Waals surface area (Å²) in [6, 6.07) is 3.01. The van der Waals surface area contributed by atoms with Crippen molar-refractivity contribution in [3.05, 3.63) is 28.4 Å². The number of nitrogens with two attached hydrogens (primary N) is 1. The molecular weight excluding hydrogens is 208 g/mol. The summed E-state index contributed by atoms with van der Waals surface area (Å²) >= 11 is 0. The number of hydrogen-bond acceptors (Lipinski definition) is 5. The van der Waals surface area contributed by atoms with Crippen molar-refractivity contribution in [3.63, 3.8) is 0 Å². The van der Waals surface area contributed by atoms with E-state index < -0.39 is 4.92 Å². The largest absolute Gasteiger partial charge is 0.369 e. The molecular formula is C10H16N4O2. The van der Waals surface area contributed by atoms with Gasteiger partial charge < -0.3 is 11.1 Å². The number of aromatic nitrogens is 1. The Hall–Kier alpha value is -1.69. The molecule has 1 heterocycles. The van der Waals surface area contributed by atoms with Gasteiger partial charge in [0.15, 0.2) is 0 Å². The summed E-state index contributed by atoms with van der Waals surface area (Å²) in [5, 5.41) is 13.5. The number of nitro groups is 1. The Morgan fingerprint density at radius 1 is 1.56 bits per heavy atom. The van der Waals surface area contributed by atoms with Crippen molar-refractivity contribution in [2.75, 3.05) is 18.4 Å². The average Bonchev–Trinajstić information content (AvgIpc) is 2.27.